The van der Waals surface area contributed by atoms with Crippen LogP contribution < -0.4 is 5.32 Å². The summed E-state index contributed by atoms with van der Waals surface area (Å²) in [5.74, 6) is -0.00345. The van der Waals surface area contributed by atoms with Crippen molar-refractivity contribution in [2.45, 2.75) is 19.3 Å². The SMILES string of the molecule is N#CCC(=O)N1CCC2(CCNC2)C1. The Morgan fingerprint density at radius 3 is 3.07 bits per heavy atom. The van der Waals surface area contributed by atoms with Crippen LogP contribution in [0.15, 0.2) is 0 Å². The number of nitrogens with one attached hydrogen (secondary N) is 1. The minimum absolute atomic E-state index is 0.00345. The van der Waals surface area contributed by atoms with Crippen molar-refractivity contribution in [2.24, 2.45) is 5.41 Å². The van der Waals surface area contributed by atoms with Crippen LogP contribution >= 0.6 is 0 Å². The monoisotopic (exact) mass is 193 g/mol. The molecule has 76 valence electrons. The number of hydrogen-bond donors (Lipinski definition) is 1. The molecule has 2 saturated heterocycles. The molecule has 1 spiro atoms. The van der Waals surface area contributed by atoms with E-state index in [1.807, 2.05) is 11.0 Å². The second-order valence-electron chi connectivity index (χ2n) is 4.33. The van der Waals surface area contributed by atoms with Gasteiger partial charge < -0.3 is 10.2 Å². The molecule has 4 nitrogen and oxygen atoms in total. The van der Waals surface area contributed by atoms with Gasteiger partial charge in [-0.2, -0.15) is 5.26 Å². The lowest BCUT2D eigenvalue weighted by Gasteiger charge is -2.22. The lowest BCUT2D eigenvalue weighted by molar-refractivity contribution is -0.129. The average molecular weight is 193 g/mol. The Morgan fingerprint density at radius 2 is 2.43 bits per heavy atom. The molecule has 1 N–H and O–H groups in total. The fourth-order valence-corrected chi connectivity index (χ4v) is 2.47. The molecule has 1 amide bonds. The highest BCUT2D eigenvalue weighted by molar-refractivity contribution is 5.78. The van der Waals surface area contributed by atoms with E-state index in [-0.39, 0.29) is 12.3 Å². The smallest absolute Gasteiger partial charge is 0.236 e. The van der Waals surface area contributed by atoms with Crippen molar-refractivity contribution >= 4 is 5.91 Å². The molecule has 0 aromatic heterocycles. The molecule has 4 heteroatoms. The first-order valence-electron chi connectivity index (χ1n) is 5.11. The van der Waals surface area contributed by atoms with E-state index in [1.54, 1.807) is 0 Å². The third-order valence-corrected chi connectivity index (χ3v) is 3.35. The van der Waals surface area contributed by atoms with Crippen LogP contribution in [0.1, 0.15) is 19.3 Å². The molecule has 0 aliphatic carbocycles. The normalized spacial score (nSPS) is 30.9. The van der Waals surface area contributed by atoms with Crippen molar-refractivity contribution in [1.82, 2.24) is 10.2 Å². The van der Waals surface area contributed by atoms with E-state index in [4.69, 9.17) is 5.26 Å². The summed E-state index contributed by atoms with van der Waals surface area (Å²) in [5, 5.41) is 11.8. The van der Waals surface area contributed by atoms with Gasteiger partial charge in [0.05, 0.1) is 6.07 Å². The van der Waals surface area contributed by atoms with Gasteiger partial charge in [0.2, 0.25) is 5.91 Å². The molecular weight excluding hydrogens is 178 g/mol. The van der Waals surface area contributed by atoms with E-state index >= 15 is 0 Å². The van der Waals surface area contributed by atoms with Crippen molar-refractivity contribution in [3.63, 3.8) is 0 Å². The Bertz CT molecular complexity index is 276. The largest absolute Gasteiger partial charge is 0.341 e. The van der Waals surface area contributed by atoms with Crippen LogP contribution in [-0.4, -0.2) is 37.0 Å². The standard InChI is InChI=1S/C10H15N3O/c11-4-1-9(14)13-6-3-10(8-13)2-5-12-7-10/h12H,1-3,5-8H2. The molecule has 2 aliphatic rings. The zero-order valence-corrected chi connectivity index (χ0v) is 8.25. The molecule has 2 heterocycles. The van der Waals surface area contributed by atoms with Crippen molar-refractivity contribution in [2.75, 3.05) is 26.2 Å². The van der Waals surface area contributed by atoms with Gasteiger partial charge in [-0.1, -0.05) is 0 Å². The summed E-state index contributed by atoms with van der Waals surface area (Å²) in [6.07, 6.45) is 2.30. The summed E-state index contributed by atoms with van der Waals surface area (Å²) < 4.78 is 0. The average Bonchev–Trinajstić information content (AvgIpc) is 2.78. The van der Waals surface area contributed by atoms with E-state index < -0.39 is 0 Å². The number of nitriles is 1. The molecule has 2 aliphatic heterocycles. The van der Waals surface area contributed by atoms with Crippen molar-refractivity contribution in [3.05, 3.63) is 0 Å². The Balaban J connectivity index is 1.94. The summed E-state index contributed by atoms with van der Waals surface area (Å²) in [6, 6.07) is 1.92. The zero-order chi connectivity index (χ0) is 10.0. The third-order valence-electron chi connectivity index (χ3n) is 3.35. The summed E-state index contributed by atoms with van der Waals surface area (Å²) in [7, 11) is 0. The number of amides is 1. The highest BCUT2D eigenvalue weighted by atomic mass is 16.2. The maximum absolute atomic E-state index is 11.5. The Morgan fingerprint density at radius 1 is 1.57 bits per heavy atom. The topological polar surface area (TPSA) is 56.1 Å². The molecule has 0 aromatic rings. The van der Waals surface area contributed by atoms with Gasteiger partial charge in [0.1, 0.15) is 6.42 Å². The highest BCUT2D eigenvalue weighted by Gasteiger charge is 2.41. The maximum Gasteiger partial charge on any atom is 0.236 e. The quantitative estimate of drug-likeness (QED) is 0.643. The minimum Gasteiger partial charge on any atom is -0.341 e. The van der Waals surface area contributed by atoms with E-state index in [1.165, 1.54) is 6.42 Å². The van der Waals surface area contributed by atoms with Gasteiger partial charge in [-0.25, -0.2) is 0 Å². The first-order valence-corrected chi connectivity index (χ1v) is 5.11. The first kappa shape index (κ1) is 9.47. The molecule has 14 heavy (non-hydrogen) atoms. The Hall–Kier alpha value is -1.08. The summed E-state index contributed by atoms with van der Waals surface area (Å²) >= 11 is 0. The lowest BCUT2D eigenvalue weighted by atomic mass is 9.87. The molecule has 1 atom stereocenters. The van der Waals surface area contributed by atoms with Crippen LogP contribution in [0.4, 0.5) is 0 Å². The molecule has 2 fully saturated rings. The first-order chi connectivity index (χ1) is 6.76. The zero-order valence-electron chi connectivity index (χ0n) is 8.25. The van der Waals surface area contributed by atoms with Crippen molar-refractivity contribution in [1.29, 1.82) is 5.26 Å². The van der Waals surface area contributed by atoms with Gasteiger partial charge in [-0.05, 0) is 19.4 Å². The molecule has 0 bridgehead atoms. The second kappa shape index (κ2) is 3.58. The molecular formula is C10H15N3O. The number of carbonyl (C=O) groups is 1. The fourth-order valence-electron chi connectivity index (χ4n) is 2.47. The number of rotatable bonds is 1. The van der Waals surface area contributed by atoms with Gasteiger partial charge in [-0.15, -0.1) is 0 Å². The molecule has 0 radical (unpaired) electrons. The predicted molar refractivity (Wildman–Crippen MR) is 51.3 cm³/mol. The summed E-state index contributed by atoms with van der Waals surface area (Å²) in [5.41, 5.74) is 0.325. The van der Waals surface area contributed by atoms with Crippen LogP contribution in [0, 0.1) is 16.7 Å². The highest BCUT2D eigenvalue weighted by Crippen LogP contribution is 2.35. The van der Waals surface area contributed by atoms with E-state index in [0.29, 0.717) is 5.41 Å². The fraction of sp³-hybridized carbons (Fsp3) is 0.800. The molecule has 0 saturated carbocycles. The summed E-state index contributed by atoms with van der Waals surface area (Å²) in [4.78, 5) is 13.3. The predicted octanol–water partition coefficient (Wildman–Crippen LogP) is 0.112. The van der Waals surface area contributed by atoms with Gasteiger partial charge >= 0.3 is 0 Å². The van der Waals surface area contributed by atoms with E-state index in [2.05, 4.69) is 5.32 Å². The maximum atomic E-state index is 11.5. The van der Waals surface area contributed by atoms with Crippen LogP contribution in [0.5, 0.6) is 0 Å². The molecule has 0 aromatic carbocycles. The number of carbonyl (C=O) groups excluding carboxylic acids is 1. The molecule has 2 rings (SSSR count). The molecule has 1 unspecified atom stereocenters. The number of nitrogens with zero attached hydrogens (tertiary/aromatic N) is 2. The van der Waals surface area contributed by atoms with E-state index in [0.717, 1.165) is 32.6 Å². The van der Waals surface area contributed by atoms with Gasteiger partial charge in [0, 0.05) is 25.0 Å². The van der Waals surface area contributed by atoms with Gasteiger partial charge in [-0.3, -0.25) is 4.79 Å². The number of likely N-dealkylation sites (tertiary alicyclic amines) is 1. The van der Waals surface area contributed by atoms with Gasteiger partial charge in [0.15, 0.2) is 0 Å². The minimum atomic E-state index is -0.00345. The van der Waals surface area contributed by atoms with Crippen LogP contribution in [-0.2, 0) is 4.79 Å². The van der Waals surface area contributed by atoms with E-state index in [9.17, 15) is 4.79 Å². The lowest BCUT2D eigenvalue weighted by Crippen LogP contribution is -2.32. The Labute approximate surface area is 83.9 Å². The van der Waals surface area contributed by atoms with Gasteiger partial charge in [0.25, 0.3) is 0 Å². The Kier molecular flexibility index (Phi) is 2.42. The van der Waals surface area contributed by atoms with Crippen LogP contribution in [0.25, 0.3) is 0 Å². The second-order valence-corrected chi connectivity index (χ2v) is 4.33. The van der Waals surface area contributed by atoms with Crippen LogP contribution in [0.3, 0.4) is 0 Å². The third kappa shape index (κ3) is 1.60. The van der Waals surface area contributed by atoms with Crippen LogP contribution in [0.2, 0.25) is 0 Å². The summed E-state index contributed by atoms with van der Waals surface area (Å²) in [6.45, 7) is 3.78. The number of hydrogen-bond acceptors (Lipinski definition) is 3. The van der Waals surface area contributed by atoms with Crippen molar-refractivity contribution < 1.29 is 4.79 Å². The van der Waals surface area contributed by atoms with Crippen molar-refractivity contribution in [3.8, 4) is 6.07 Å².